The van der Waals surface area contributed by atoms with Gasteiger partial charge in [-0.3, -0.25) is 4.79 Å². The number of hydrogen-bond acceptors (Lipinski definition) is 5. The molecule has 2 atom stereocenters. The van der Waals surface area contributed by atoms with Crippen LogP contribution in [0.4, 0.5) is 0 Å². The van der Waals surface area contributed by atoms with E-state index in [0.29, 0.717) is 13.2 Å². The molecule has 7 nitrogen and oxygen atoms in total. The highest BCUT2D eigenvalue weighted by molar-refractivity contribution is 5.87. The Morgan fingerprint density at radius 2 is 2.31 bits per heavy atom. The average molecular weight is 232 g/mol. The quantitative estimate of drug-likeness (QED) is 0.433. The summed E-state index contributed by atoms with van der Waals surface area (Å²) < 4.78 is 5.09. The SMILES string of the molecule is O=C(O)C(CCO)NC(=O)C1COCCN1. The van der Waals surface area contributed by atoms with Gasteiger partial charge in [0, 0.05) is 19.6 Å². The molecule has 0 aromatic rings. The van der Waals surface area contributed by atoms with E-state index >= 15 is 0 Å². The van der Waals surface area contributed by atoms with Crippen molar-refractivity contribution in [3.05, 3.63) is 0 Å². The summed E-state index contributed by atoms with van der Waals surface area (Å²) in [6.07, 6.45) is -0.00531. The molecule has 0 aromatic heterocycles. The molecule has 2 unspecified atom stereocenters. The molecular formula is C9H16N2O5. The molecule has 1 rings (SSSR count). The standard InChI is InChI=1S/C9H16N2O5/c12-3-1-6(9(14)15)11-8(13)7-5-16-4-2-10-7/h6-7,10,12H,1-5H2,(H,11,13)(H,14,15). The van der Waals surface area contributed by atoms with Crippen LogP contribution in [0.2, 0.25) is 0 Å². The molecular weight excluding hydrogens is 216 g/mol. The van der Waals surface area contributed by atoms with Gasteiger partial charge < -0.3 is 25.6 Å². The third-order valence-electron chi connectivity index (χ3n) is 2.27. The largest absolute Gasteiger partial charge is 0.480 e. The minimum atomic E-state index is -1.15. The van der Waals surface area contributed by atoms with Crippen LogP contribution in [0.15, 0.2) is 0 Å². The first-order chi connectivity index (χ1) is 7.65. The summed E-state index contributed by atoms with van der Waals surface area (Å²) in [6, 6.07) is -1.57. The van der Waals surface area contributed by atoms with Crippen molar-refractivity contribution in [1.82, 2.24) is 10.6 Å². The minimum absolute atomic E-state index is 0.00531. The molecule has 1 amide bonds. The highest BCUT2D eigenvalue weighted by Crippen LogP contribution is 1.97. The maximum absolute atomic E-state index is 11.6. The Morgan fingerprint density at radius 1 is 1.56 bits per heavy atom. The molecule has 0 spiro atoms. The molecule has 1 fully saturated rings. The number of carbonyl (C=O) groups excluding carboxylic acids is 1. The Bertz CT molecular complexity index is 252. The van der Waals surface area contributed by atoms with E-state index in [9.17, 15) is 9.59 Å². The van der Waals surface area contributed by atoms with E-state index in [4.69, 9.17) is 14.9 Å². The second kappa shape index (κ2) is 6.41. The maximum atomic E-state index is 11.6. The van der Waals surface area contributed by atoms with Crippen molar-refractivity contribution in [2.24, 2.45) is 0 Å². The van der Waals surface area contributed by atoms with Crippen molar-refractivity contribution in [2.45, 2.75) is 18.5 Å². The fourth-order valence-corrected chi connectivity index (χ4v) is 1.39. The van der Waals surface area contributed by atoms with Gasteiger partial charge in [0.15, 0.2) is 0 Å². The molecule has 7 heteroatoms. The topological polar surface area (TPSA) is 108 Å². The Kier molecular flexibility index (Phi) is 5.17. The van der Waals surface area contributed by atoms with Crippen molar-refractivity contribution in [3.8, 4) is 0 Å². The van der Waals surface area contributed by atoms with E-state index < -0.39 is 24.0 Å². The number of aliphatic hydroxyl groups is 1. The normalized spacial score (nSPS) is 22.4. The number of aliphatic hydroxyl groups excluding tert-OH is 1. The number of ether oxygens (including phenoxy) is 1. The fraction of sp³-hybridized carbons (Fsp3) is 0.778. The van der Waals surface area contributed by atoms with Crippen LogP contribution in [0, 0.1) is 0 Å². The van der Waals surface area contributed by atoms with Gasteiger partial charge in [0.25, 0.3) is 0 Å². The lowest BCUT2D eigenvalue weighted by atomic mass is 10.2. The van der Waals surface area contributed by atoms with Gasteiger partial charge in [-0.05, 0) is 0 Å². The summed E-state index contributed by atoms with van der Waals surface area (Å²) in [7, 11) is 0. The first-order valence-corrected chi connectivity index (χ1v) is 5.10. The zero-order chi connectivity index (χ0) is 12.0. The first kappa shape index (κ1) is 12.9. The van der Waals surface area contributed by atoms with E-state index in [1.54, 1.807) is 0 Å². The van der Waals surface area contributed by atoms with Crippen LogP contribution >= 0.6 is 0 Å². The predicted octanol–water partition coefficient (Wildman–Crippen LogP) is -2.07. The average Bonchev–Trinajstić information content (AvgIpc) is 2.29. The number of aliphatic carboxylic acids is 1. The number of carbonyl (C=O) groups is 2. The van der Waals surface area contributed by atoms with Crippen LogP contribution in [0.1, 0.15) is 6.42 Å². The zero-order valence-electron chi connectivity index (χ0n) is 8.81. The molecule has 1 heterocycles. The van der Waals surface area contributed by atoms with Crippen LogP contribution in [0.25, 0.3) is 0 Å². The Hall–Kier alpha value is -1.18. The van der Waals surface area contributed by atoms with Crippen molar-refractivity contribution in [2.75, 3.05) is 26.4 Å². The number of nitrogens with one attached hydrogen (secondary N) is 2. The third-order valence-corrected chi connectivity index (χ3v) is 2.27. The summed E-state index contributed by atoms with van der Waals surface area (Å²) in [5.74, 6) is -1.57. The van der Waals surface area contributed by atoms with Gasteiger partial charge in [0.2, 0.25) is 5.91 Å². The lowest BCUT2D eigenvalue weighted by Crippen LogP contribution is -2.54. The smallest absolute Gasteiger partial charge is 0.326 e. The monoisotopic (exact) mass is 232 g/mol. The number of carboxylic acid groups (broad SMARTS) is 1. The van der Waals surface area contributed by atoms with Crippen molar-refractivity contribution >= 4 is 11.9 Å². The molecule has 92 valence electrons. The molecule has 0 saturated carbocycles. The molecule has 4 N–H and O–H groups in total. The molecule has 1 saturated heterocycles. The van der Waals surface area contributed by atoms with Crippen LogP contribution in [0.3, 0.4) is 0 Å². The molecule has 0 bridgehead atoms. The number of amides is 1. The van der Waals surface area contributed by atoms with Gasteiger partial charge in [0.05, 0.1) is 13.2 Å². The second-order valence-corrected chi connectivity index (χ2v) is 3.49. The third kappa shape index (κ3) is 3.76. The summed E-state index contributed by atoms with van der Waals surface area (Å²) >= 11 is 0. The van der Waals surface area contributed by atoms with Gasteiger partial charge in [0.1, 0.15) is 12.1 Å². The second-order valence-electron chi connectivity index (χ2n) is 3.49. The van der Waals surface area contributed by atoms with E-state index in [1.165, 1.54) is 0 Å². The molecule has 1 aliphatic rings. The lowest BCUT2D eigenvalue weighted by Gasteiger charge is -2.24. The van der Waals surface area contributed by atoms with Gasteiger partial charge in [-0.1, -0.05) is 0 Å². The molecule has 0 aliphatic carbocycles. The van der Waals surface area contributed by atoms with Crippen molar-refractivity contribution in [3.63, 3.8) is 0 Å². The van der Waals surface area contributed by atoms with E-state index in [1.807, 2.05) is 0 Å². The molecule has 1 aliphatic heterocycles. The number of hydrogen-bond donors (Lipinski definition) is 4. The molecule has 0 aromatic carbocycles. The fourth-order valence-electron chi connectivity index (χ4n) is 1.39. The number of rotatable bonds is 5. The summed E-state index contributed by atoms with van der Waals surface area (Å²) in [4.78, 5) is 22.3. The van der Waals surface area contributed by atoms with E-state index in [2.05, 4.69) is 10.6 Å². The Labute approximate surface area is 92.8 Å². The summed E-state index contributed by atoms with van der Waals surface area (Å²) in [6.45, 7) is 1.06. The maximum Gasteiger partial charge on any atom is 0.326 e. The van der Waals surface area contributed by atoms with Gasteiger partial charge in [-0.15, -0.1) is 0 Å². The number of carboxylic acids is 1. The predicted molar refractivity (Wildman–Crippen MR) is 53.9 cm³/mol. The van der Waals surface area contributed by atoms with Crippen molar-refractivity contribution < 1.29 is 24.5 Å². The zero-order valence-corrected chi connectivity index (χ0v) is 8.81. The molecule has 0 radical (unpaired) electrons. The minimum Gasteiger partial charge on any atom is -0.480 e. The first-order valence-electron chi connectivity index (χ1n) is 5.10. The van der Waals surface area contributed by atoms with Gasteiger partial charge in [-0.2, -0.15) is 0 Å². The Balaban J connectivity index is 2.43. The van der Waals surface area contributed by atoms with Gasteiger partial charge >= 0.3 is 5.97 Å². The van der Waals surface area contributed by atoms with E-state index in [-0.39, 0.29) is 19.6 Å². The van der Waals surface area contributed by atoms with E-state index in [0.717, 1.165) is 0 Å². The van der Waals surface area contributed by atoms with Crippen molar-refractivity contribution in [1.29, 1.82) is 0 Å². The van der Waals surface area contributed by atoms with Crippen LogP contribution < -0.4 is 10.6 Å². The summed E-state index contributed by atoms with van der Waals surface area (Å²) in [5.41, 5.74) is 0. The van der Waals surface area contributed by atoms with Crippen LogP contribution in [0.5, 0.6) is 0 Å². The van der Waals surface area contributed by atoms with Gasteiger partial charge in [-0.25, -0.2) is 4.79 Å². The molecule has 16 heavy (non-hydrogen) atoms. The summed E-state index contributed by atoms with van der Waals surface area (Å²) in [5, 5.41) is 22.7. The Morgan fingerprint density at radius 3 is 2.81 bits per heavy atom. The lowest BCUT2D eigenvalue weighted by molar-refractivity contribution is -0.143. The van der Waals surface area contributed by atoms with Crippen LogP contribution in [-0.4, -0.2) is 60.5 Å². The highest BCUT2D eigenvalue weighted by Gasteiger charge is 2.26. The van der Waals surface area contributed by atoms with Crippen LogP contribution in [-0.2, 0) is 14.3 Å². The highest BCUT2D eigenvalue weighted by atomic mass is 16.5. The number of morpholine rings is 1.